The van der Waals surface area contributed by atoms with Gasteiger partial charge in [-0.1, -0.05) is 27.7 Å². The van der Waals surface area contributed by atoms with Gasteiger partial charge in [-0.2, -0.15) is 0 Å². The van der Waals surface area contributed by atoms with E-state index >= 15 is 0 Å². The van der Waals surface area contributed by atoms with Crippen LogP contribution >= 0.6 is 0 Å². The lowest BCUT2D eigenvalue weighted by Crippen LogP contribution is -2.45. The summed E-state index contributed by atoms with van der Waals surface area (Å²) in [5.41, 5.74) is 1.75. The zero-order chi connectivity index (χ0) is 21.3. The molecule has 0 aromatic heterocycles. The van der Waals surface area contributed by atoms with Crippen LogP contribution in [0.15, 0.2) is 12.1 Å². The van der Waals surface area contributed by atoms with Crippen LogP contribution in [0.25, 0.3) is 0 Å². The Balaban J connectivity index is 1.90. The summed E-state index contributed by atoms with van der Waals surface area (Å²) < 4.78 is 36.0. The van der Waals surface area contributed by atoms with E-state index in [0.29, 0.717) is 51.5 Å². The molecule has 0 atom stereocenters. The fourth-order valence-corrected chi connectivity index (χ4v) is 3.35. The summed E-state index contributed by atoms with van der Waals surface area (Å²) in [6.45, 7) is 12.8. The molecule has 1 aromatic carbocycles. The highest BCUT2D eigenvalue weighted by Gasteiger charge is 2.34. The van der Waals surface area contributed by atoms with E-state index in [2.05, 4.69) is 27.7 Å². The molecular weight excluding hydrogens is 382 g/mol. The minimum absolute atomic E-state index is 0.442. The molecule has 1 aromatic rings. The fourth-order valence-electron chi connectivity index (χ4n) is 3.35. The molecule has 2 heterocycles. The maximum atomic E-state index is 6.20. The Morgan fingerprint density at radius 3 is 1.40 bits per heavy atom. The van der Waals surface area contributed by atoms with Gasteiger partial charge in [-0.05, 0) is 49.7 Å². The first-order valence-electron chi connectivity index (χ1n) is 11.4. The first kappa shape index (κ1) is 23.5. The number of hydrogen-bond acceptors (Lipinski definition) is 6. The highest BCUT2D eigenvalue weighted by Crippen LogP contribution is 2.21. The van der Waals surface area contributed by atoms with Crippen LogP contribution in [0, 0.1) is 11.8 Å². The summed E-state index contributed by atoms with van der Waals surface area (Å²) in [5.74, 6) is 2.65. The van der Waals surface area contributed by atoms with E-state index in [4.69, 9.17) is 28.1 Å². The zero-order valence-corrected chi connectivity index (χ0v) is 19.0. The molecule has 0 radical (unpaired) electrons. The Morgan fingerprint density at radius 2 is 1.07 bits per heavy atom. The third-order valence-corrected chi connectivity index (χ3v) is 5.21. The second-order valence-electron chi connectivity index (χ2n) is 8.84. The topological polar surface area (TPSA) is 55.4 Å². The summed E-state index contributed by atoms with van der Waals surface area (Å²) in [5, 5.41) is 0. The van der Waals surface area contributed by atoms with Gasteiger partial charge in [-0.25, -0.2) is 0 Å². The molecule has 8 heteroatoms. The third kappa shape index (κ3) is 6.91. The fraction of sp³-hybridized carbons (Fsp3) is 0.727. The monoisotopic (exact) mass is 418 g/mol. The van der Waals surface area contributed by atoms with Crippen LogP contribution in [0.1, 0.15) is 53.4 Å². The van der Waals surface area contributed by atoms with Gasteiger partial charge in [0.05, 0.1) is 13.2 Å². The van der Waals surface area contributed by atoms with Crippen molar-refractivity contribution in [1.29, 1.82) is 0 Å². The summed E-state index contributed by atoms with van der Waals surface area (Å²) in [4.78, 5) is 0. The third-order valence-electron chi connectivity index (χ3n) is 5.21. The summed E-state index contributed by atoms with van der Waals surface area (Å²) in [7, 11) is -0.884. The lowest BCUT2D eigenvalue weighted by atomic mass is 9.71. The van der Waals surface area contributed by atoms with Crippen LogP contribution in [-0.4, -0.2) is 53.9 Å². The van der Waals surface area contributed by atoms with E-state index in [0.717, 1.165) is 48.1 Å². The van der Waals surface area contributed by atoms with Crippen molar-refractivity contribution in [2.45, 2.75) is 53.4 Å². The van der Waals surface area contributed by atoms with Crippen molar-refractivity contribution in [2.24, 2.45) is 11.8 Å². The minimum Gasteiger partial charge on any atom is -0.494 e. The Labute approximate surface area is 182 Å². The van der Waals surface area contributed by atoms with Gasteiger partial charge >= 0.3 is 14.2 Å². The smallest absolute Gasteiger partial charge is 0.494 e. The van der Waals surface area contributed by atoms with Crippen molar-refractivity contribution in [3.8, 4) is 11.5 Å². The largest absolute Gasteiger partial charge is 0.497 e. The van der Waals surface area contributed by atoms with E-state index in [-0.39, 0.29) is 0 Å². The van der Waals surface area contributed by atoms with Gasteiger partial charge < -0.3 is 28.1 Å². The average molecular weight is 418 g/mol. The molecule has 2 fully saturated rings. The molecule has 2 aliphatic rings. The molecule has 3 rings (SSSR count). The van der Waals surface area contributed by atoms with Crippen LogP contribution in [0.4, 0.5) is 0 Å². The molecule has 0 aliphatic carbocycles. The molecule has 30 heavy (non-hydrogen) atoms. The highest BCUT2D eigenvalue weighted by atomic mass is 16.6. The van der Waals surface area contributed by atoms with Crippen molar-refractivity contribution < 1.29 is 28.1 Å². The van der Waals surface area contributed by atoms with Crippen molar-refractivity contribution in [1.82, 2.24) is 0 Å². The van der Waals surface area contributed by atoms with Crippen molar-refractivity contribution in [2.75, 3.05) is 39.6 Å². The van der Waals surface area contributed by atoms with E-state index in [1.165, 1.54) is 0 Å². The van der Waals surface area contributed by atoms with Crippen LogP contribution in [-0.2, 0) is 18.6 Å². The Bertz CT molecular complexity index is 587. The Hall–Kier alpha value is -1.21. The van der Waals surface area contributed by atoms with E-state index in [1.54, 1.807) is 0 Å². The van der Waals surface area contributed by atoms with Crippen LogP contribution in [0.3, 0.4) is 0 Å². The SMILES string of the molecule is CC(C)CCOc1cc(B2OCCCO2)c(OCCC(C)C)cc1B1OCCCO1. The second kappa shape index (κ2) is 12.0. The number of hydrogen-bond donors (Lipinski definition) is 0. The second-order valence-corrected chi connectivity index (χ2v) is 8.84. The Kier molecular flexibility index (Phi) is 9.37. The predicted molar refractivity (Wildman–Crippen MR) is 120 cm³/mol. The molecule has 0 saturated carbocycles. The standard InChI is InChI=1S/C22H36B2O6/c1-17(2)7-13-25-21-15-20(24-29-11-6-12-30-24)22(26-14-8-18(3)4)16-19(21)23-27-9-5-10-28-23/h15-18H,5-14H2,1-4H3. The van der Waals surface area contributed by atoms with Crippen molar-refractivity contribution in [3.05, 3.63) is 12.1 Å². The molecule has 0 bridgehead atoms. The van der Waals surface area contributed by atoms with E-state index in [9.17, 15) is 0 Å². The molecule has 0 amide bonds. The number of rotatable bonds is 10. The quantitative estimate of drug-likeness (QED) is 0.545. The van der Waals surface area contributed by atoms with Crippen LogP contribution < -0.4 is 20.4 Å². The average Bonchev–Trinajstić information content (AvgIpc) is 2.75. The molecule has 0 N–H and O–H groups in total. The number of ether oxygens (including phenoxy) is 2. The van der Waals surface area contributed by atoms with Gasteiger partial charge in [0.15, 0.2) is 0 Å². The first-order valence-corrected chi connectivity index (χ1v) is 11.4. The first-order chi connectivity index (χ1) is 14.5. The maximum Gasteiger partial charge on any atom is 0.497 e. The van der Waals surface area contributed by atoms with Gasteiger partial charge in [0.1, 0.15) is 11.5 Å². The summed E-state index contributed by atoms with van der Waals surface area (Å²) in [6.07, 6.45) is 3.76. The van der Waals surface area contributed by atoms with E-state index < -0.39 is 14.2 Å². The van der Waals surface area contributed by atoms with Gasteiger partial charge in [0, 0.05) is 37.4 Å². The molecule has 166 valence electrons. The number of benzene rings is 1. The molecule has 0 spiro atoms. The van der Waals surface area contributed by atoms with Gasteiger partial charge in [0.2, 0.25) is 0 Å². The molecule has 0 unspecified atom stereocenters. The molecule has 2 saturated heterocycles. The van der Waals surface area contributed by atoms with Crippen molar-refractivity contribution in [3.63, 3.8) is 0 Å². The zero-order valence-electron chi connectivity index (χ0n) is 19.0. The van der Waals surface area contributed by atoms with Gasteiger partial charge in [0.25, 0.3) is 0 Å². The Morgan fingerprint density at radius 1 is 0.700 bits per heavy atom. The maximum absolute atomic E-state index is 6.20. The normalized spacial score (nSPS) is 17.7. The van der Waals surface area contributed by atoms with E-state index in [1.807, 2.05) is 12.1 Å². The van der Waals surface area contributed by atoms with Crippen molar-refractivity contribution >= 4 is 25.2 Å². The summed E-state index contributed by atoms with van der Waals surface area (Å²) >= 11 is 0. The predicted octanol–water partition coefficient (Wildman–Crippen LogP) is 2.80. The molecule has 2 aliphatic heterocycles. The minimum atomic E-state index is -0.442. The van der Waals surface area contributed by atoms with Crippen LogP contribution in [0.5, 0.6) is 11.5 Å². The van der Waals surface area contributed by atoms with Gasteiger partial charge in [-0.15, -0.1) is 0 Å². The lowest BCUT2D eigenvalue weighted by Gasteiger charge is -2.26. The molecule has 6 nitrogen and oxygen atoms in total. The molecular formula is C22H36B2O6. The van der Waals surface area contributed by atoms with Gasteiger partial charge in [-0.3, -0.25) is 0 Å². The van der Waals surface area contributed by atoms with Crippen LogP contribution in [0.2, 0.25) is 0 Å². The highest BCUT2D eigenvalue weighted by molar-refractivity contribution is 6.65. The lowest BCUT2D eigenvalue weighted by molar-refractivity contribution is 0.141. The summed E-state index contributed by atoms with van der Waals surface area (Å²) in [6, 6.07) is 4.00.